The van der Waals surface area contributed by atoms with Crippen LogP contribution in [-0.4, -0.2) is 4.92 Å². The first-order valence-corrected chi connectivity index (χ1v) is 3.66. The van der Waals surface area contributed by atoms with E-state index < -0.39 is 4.92 Å². The Morgan fingerprint density at radius 1 is 1.64 bits per heavy atom. The van der Waals surface area contributed by atoms with Gasteiger partial charge in [-0.3, -0.25) is 10.1 Å². The van der Waals surface area contributed by atoms with Crippen molar-refractivity contribution in [1.29, 1.82) is 0 Å². The van der Waals surface area contributed by atoms with Crippen LogP contribution in [0.5, 0.6) is 0 Å². The highest BCUT2D eigenvalue weighted by Crippen LogP contribution is 2.16. The Morgan fingerprint density at radius 3 is 2.82 bits per heavy atom. The first-order chi connectivity index (χ1) is 5.24. The summed E-state index contributed by atoms with van der Waals surface area (Å²) in [5, 5.41) is 10.1. The van der Waals surface area contributed by atoms with E-state index in [1.807, 2.05) is 0 Å². The quantitative estimate of drug-likeness (QED) is 0.566. The van der Waals surface area contributed by atoms with Crippen molar-refractivity contribution < 1.29 is 9.34 Å². The lowest BCUT2D eigenvalue weighted by Gasteiger charge is -1.81. The van der Waals surface area contributed by atoms with Gasteiger partial charge in [-0.2, -0.15) is 0 Å². The maximum absolute atomic E-state index is 10.1. The molecule has 58 valence electrons. The predicted molar refractivity (Wildman–Crippen MR) is 43.3 cm³/mol. The van der Waals surface area contributed by atoms with Crippen LogP contribution in [0.25, 0.3) is 6.08 Å². The molecule has 0 aliphatic rings. The van der Waals surface area contributed by atoms with Gasteiger partial charge in [0.05, 0.1) is 6.07 Å². The summed E-state index contributed by atoms with van der Waals surface area (Å²) in [4.78, 5) is 11.1. The predicted octanol–water partition coefficient (Wildman–Crippen LogP) is 2.55. The van der Waals surface area contributed by atoms with Crippen molar-refractivity contribution >= 4 is 27.9 Å². The van der Waals surface area contributed by atoms with Gasteiger partial charge in [0, 0.05) is 0 Å². The molecule has 0 unspecified atom stereocenters. The molecule has 0 aliphatic carbocycles. The average molecular weight is 218 g/mol. The normalized spacial score (nSPS) is 10.6. The monoisotopic (exact) mass is 217 g/mol. The topological polar surface area (TPSA) is 56.3 Å². The zero-order valence-electron chi connectivity index (χ0n) is 5.36. The second-order valence-electron chi connectivity index (χ2n) is 1.73. The third-order valence-electron chi connectivity index (χ3n) is 1.02. The van der Waals surface area contributed by atoms with E-state index in [0.717, 1.165) is 0 Å². The average Bonchev–Trinajstić information content (AvgIpc) is 2.37. The third-order valence-corrected chi connectivity index (χ3v) is 1.28. The fourth-order valence-electron chi connectivity index (χ4n) is 0.592. The van der Waals surface area contributed by atoms with Crippen LogP contribution in [0.3, 0.4) is 0 Å². The molecule has 5 heteroatoms. The van der Waals surface area contributed by atoms with Crippen LogP contribution >= 0.6 is 15.9 Å². The Hall–Kier alpha value is -1.10. The summed E-state index contributed by atoms with van der Waals surface area (Å²) in [6.45, 7) is 0. The number of hydrogen-bond acceptors (Lipinski definition) is 3. The van der Waals surface area contributed by atoms with Gasteiger partial charge < -0.3 is 4.42 Å². The third kappa shape index (κ3) is 1.91. The SMILES string of the molecule is O=[N+]([O-])c1ccc(/C=C/Br)o1. The van der Waals surface area contributed by atoms with Crippen molar-refractivity contribution in [3.63, 3.8) is 0 Å². The molecule has 0 fully saturated rings. The second kappa shape index (κ2) is 3.34. The van der Waals surface area contributed by atoms with Crippen molar-refractivity contribution in [2.45, 2.75) is 0 Å². The first kappa shape index (κ1) is 8.00. The van der Waals surface area contributed by atoms with E-state index in [9.17, 15) is 10.1 Å². The van der Waals surface area contributed by atoms with E-state index in [2.05, 4.69) is 15.9 Å². The Morgan fingerprint density at radius 2 is 2.36 bits per heavy atom. The van der Waals surface area contributed by atoms with Gasteiger partial charge in [0.15, 0.2) is 0 Å². The molecule has 0 spiro atoms. The number of nitrogens with zero attached hydrogens (tertiary/aromatic N) is 1. The highest BCUT2D eigenvalue weighted by Gasteiger charge is 2.09. The number of halogens is 1. The van der Waals surface area contributed by atoms with Crippen molar-refractivity contribution in [3.05, 3.63) is 33.0 Å². The van der Waals surface area contributed by atoms with Crippen LogP contribution in [0.1, 0.15) is 5.76 Å². The van der Waals surface area contributed by atoms with Crippen molar-refractivity contribution in [2.24, 2.45) is 0 Å². The minimum atomic E-state index is -0.578. The second-order valence-corrected chi connectivity index (χ2v) is 2.25. The largest absolute Gasteiger partial charge is 0.433 e. The lowest BCUT2D eigenvalue weighted by Crippen LogP contribution is -1.82. The van der Waals surface area contributed by atoms with E-state index in [1.54, 1.807) is 11.1 Å². The molecule has 0 saturated heterocycles. The van der Waals surface area contributed by atoms with Crippen LogP contribution in [0, 0.1) is 10.1 Å². The summed E-state index contributed by atoms with van der Waals surface area (Å²) in [5.41, 5.74) is 0. The van der Waals surface area contributed by atoms with E-state index in [0.29, 0.717) is 5.76 Å². The zero-order chi connectivity index (χ0) is 8.27. The van der Waals surface area contributed by atoms with Gasteiger partial charge in [-0.15, -0.1) is 0 Å². The van der Waals surface area contributed by atoms with Crippen LogP contribution in [-0.2, 0) is 0 Å². The molecule has 0 bridgehead atoms. The van der Waals surface area contributed by atoms with Gasteiger partial charge in [-0.1, -0.05) is 15.9 Å². The molecule has 11 heavy (non-hydrogen) atoms. The number of rotatable bonds is 2. The summed E-state index contributed by atoms with van der Waals surface area (Å²) in [7, 11) is 0. The highest BCUT2D eigenvalue weighted by molar-refractivity contribution is 9.11. The molecular weight excluding hydrogens is 214 g/mol. The van der Waals surface area contributed by atoms with Crippen molar-refractivity contribution in [1.82, 2.24) is 0 Å². The van der Waals surface area contributed by atoms with Crippen LogP contribution in [0.2, 0.25) is 0 Å². The van der Waals surface area contributed by atoms with Crippen molar-refractivity contribution in [3.8, 4) is 0 Å². The molecule has 1 heterocycles. The lowest BCUT2D eigenvalue weighted by molar-refractivity contribution is -0.402. The van der Waals surface area contributed by atoms with E-state index >= 15 is 0 Å². The highest BCUT2D eigenvalue weighted by atomic mass is 79.9. The van der Waals surface area contributed by atoms with Gasteiger partial charge >= 0.3 is 5.88 Å². The Bertz CT molecular complexity index is 292. The molecule has 0 saturated carbocycles. The van der Waals surface area contributed by atoms with Gasteiger partial charge in [-0.05, 0) is 17.1 Å². The Labute approximate surface area is 70.8 Å². The fraction of sp³-hybridized carbons (Fsp3) is 0. The van der Waals surface area contributed by atoms with Gasteiger partial charge in [0.1, 0.15) is 10.7 Å². The molecule has 1 rings (SSSR count). The minimum absolute atomic E-state index is 0.245. The summed E-state index contributed by atoms with van der Waals surface area (Å²) in [6.07, 6.45) is 1.58. The molecule has 0 aliphatic heterocycles. The number of furan rings is 1. The molecule has 1 aromatic rings. The Kier molecular flexibility index (Phi) is 2.43. The molecule has 0 amide bonds. The van der Waals surface area contributed by atoms with E-state index in [1.165, 1.54) is 12.1 Å². The standard InChI is InChI=1S/C6H4BrNO3/c7-4-3-5-1-2-6(11-5)8(9)10/h1-4H/b4-3+. The van der Waals surface area contributed by atoms with Gasteiger partial charge in [0.2, 0.25) is 0 Å². The summed E-state index contributed by atoms with van der Waals surface area (Å²) < 4.78 is 4.77. The maximum Gasteiger partial charge on any atom is 0.433 e. The number of nitro groups is 1. The molecule has 0 radical (unpaired) electrons. The molecule has 4 nitrogen and oxygen atoms in total. The smallest absolute Gasteiger partial charge is 0.401 e. The molecular formula is C6H4BrNO3. The molecule has 0 atom stereocenters. The van der Waals surface area contributed by atoms with E-state index in [4.69, 9.17) is 4.42 Å². The summed E-state index contributed by atoms with van der Waals surface area (Å²) in [6, 6.07) is 2.83. The van der Waals surface area contributed by atoms with Crippen LogP contribution in [0.15, 0.2) is 21.5 Å². The zero-order valence-corrected chi connectivity index (χ0v) is 6.95. The van der Waals surface area contributed by atoms with Crippen molar-refractivity contribution in [2.75, 3.05) is 0 Å². The van der Waals surface area contributed by atoms with Gasteiger partial charge in [-0.25, -0.2) is 0 Å². The Balaban J connectivity index is 2.90. The molecule has 1 aromatic heterocycles. The van der Waals surface area contributed by atoms with Crippen LogP contribution in [0.4, 0.5) is 5.88 Å². The molecule has 0 N–H and O–H groups in total. The van der Waals surface area contributed by atoms with E-state index in [-0.39, 0.29) is 5.88 Å². The lowest BCUT2D eigenvalue weighted by atomic mass is 10.4. The number of hydrogen-bond donors (Lipinski definition) is 0. The summed E-state index contributed by atoms with van der Waals surface area (Å²) in [5.74, 6) is 0.208. The fourth-order valence-corrected chi connectivity index (χ4v) is 0.853. The minimum Gasteiger partial charge on any atom is -0.401 e. The van der Waals surface area contributed by atoms with Gasteiger partial charge in [0.25, 0.3) is 0 Å². The summed E-state index contributed by atoms with van der Waals surface area (Å²) >= 11 is 3.02. The first-order valence-electron chi connectivity index (χ1n) is 2.75. The van der Waals surface area contributed by atoms with Crippen LogP contribution < -0.4 is 0 Å². The maximum atomic E-state index is 10.1. The molecule has 0 aromatic carbocycles.